The number of aryl methyl sites for hydroxylation is 1. The van der Waals surface area contributed by atoms with Gasteiger partial charge < -0.3 is 9.88 Å². The Bertz CT molecular complexity index is 572. The van der Waals surface area contributed by atoms with Crippen LogP contribution < -0.4 is 16.6 Å². The van der Waals surface area contributed by atoms with Crippen LogP contribution in [-0.2, 0) is 20.6 Å². The minimum Gasteiger partial charge on any atom is -0.311 e. The number of nitrogens with one attached hydrogen (secondary N) is 1. The quantitative estimate of drug-likeness (QED) is 0.694. The van der Waals surface area contributed by atoms with Crippen LogP contribution in [0.2, 0.25) is 0 Å². The van der Waals surface area contributed by atoms with Crippen molar-refractivity contribution in [2.45, 2.75) is 32.4 Å². The Labute approximate surface area is 119 Å². The SMILES string of the molecule is CCN(CCNCc1cn(C)c(=O)n(C)c1=O)C1CC1. The first-order valence-corrected chi connectivity index (χ1v) is 7.25. The van der Waals surface area contributed by atoms with Crippen molar-refractivity contribution in [3.63, 3.8) is 0 Å². The molecule has 1 N–H and O–H groups in total. The Hall–Kier alpha value is -1.40. The summed E-state index contributed by atoms with van der Waals surface area (Å²) in [6.45, 7) is 5.63. The van der Waals surface area contributed by atoms with Gasteiger partial charge in [-0.15, -0.1) is 0 Å². The van der Waals surface area contributed by atoms with Gasteiger partial charge in [-0.25, -0.2) is 4.79 Å². The van der Waals surface area contributed by atoms with E-state index in [1.54, 1.807) is 13.2 Å². The van der Waals surface area contributed by atoms with Crippen LogP contribution in [0, 0.1) is 0 Å². The second-order valence-corrected chi connectivity index (χ2v) is 5.45. The lowest BCUT2D eigenvalue weighted by atomic mass is 10.3. The molecular formula is C14H24N4O2. The summed E-state index contributed by atoms with van der Waals surface area (Å²) in [7, 11) is 3.18. The molecule has 1 aromatic rings. The highest BCUT2D eigenvalue weighted by molar-refractivity contribution is 5.05. The second-order valence-electron chi connectivity index (χ2n) is 5.45. The van der Waals surface area contributed by atoms with Gasteiger partial charge in [0.1, 0.15) is 0 Å². The second kappa shape index (κ2) is 6.37. The van der Waals surface area contributed by atoms with Gasteiger partial charge in [-0.1, -0.05) is 6.92 Å². The molecule has 0 saturated heterocycles. The van der Waals surface area contributed by atoms with E-state index in [4.69, 9.17) is 0 Å². The standard InChI is InChI=1S/C14H24N4O2/c1-4-18(12-5-6-12)8-7-15-9-11-10-16(2)14(20)17(3)13(11)19/h10,12,15H,4-9H2,1-3H3. The zero-order valence-corrected chi connectivity index (χ0v) is 12.6. The van der Waals surface area contributed by atoms with Crippen LogP contribution >= 0.6 is 0 Å². The lowest BCUT2D eigenvalue weighted by Gasteiger charge is -2.19. The molecule has 1 aromatic heterocycles. The minimum absolute atomic E-state index is 0.213. The van der Waals surface area contributed by atoms with Crippen molar-refractivity contribution >= 4 is 0 Å². The molecule has 2 rings (SSSR count). The zero-order valence-electron chi connectivity index (χ0n) is 12.6. The molecule has 20 heavy (non-hydrogen) atoms. The van der Waals surface area contributed by atoms with E-state index in [0.717, 1.165) is 30.2 Å². The molecule has 0 aliphatic heterocycles. The normalized spacial score (nSPS) is 15.0. The summed E-state index contributed by atoms with van der Waals surface area (Å²) in [5.41, 5.74) is 0.129. The number of hydrogen-bond acceptors (Lipinski definition) is 4. The van der Waals surface area contributed by atoms with E-state index in [2.05, 4.69) is 17.1 Å². The van der Waals surface area contributed by atoms with E-state index >= 15 is 0 Å². The van der Waals surface area contributed by atoms with Crippen molar-refractivity contribution in [1.29, 1.82) is 0 Å². The summed E-state index contributed by atoms with van der Waals surface area (Å²) in [4.78, 5) is 26.0. The minimum atomic E-state index is -0.287. The first-order chi connectivity index (χ1) is 9.54. The maximum atomic E-state index is 11.9. The van der Waals surface area contributed by atoms with Crippen molar-refractivity contribution < 1.29 is 0 Å². The number of nitrogens with zero attached hydrogens (tertiary/aromatic N) is 3. The Kier molecular flexibility index (Phi) is 4.77. The van der Waals surface area contributed by atoms with Crippen LogP contribution in [0.3, 0.4) is 0 Å². The van der Waals surface area contributed by atoms with Gasteiger partial charge in [0.05, 0.1) is 0 Å². The van der Waals surface area contributed by atoms with Gasteiger partial charge in [-0.2, -0.15) is 0 Å². The third-order valence-corrected chi connectivity index (χ3v) is 3.88. The molecule has 0 radical (unpaired) electrons. The Balaban J connectivity index is 1.88. The molecule has 0 spiro atoms. The van der Waals surface area contributed by atoms with E-state index < -0.39 is 0 Å². The van der Waals surface area contributed by atoms with Crippen molar-refractivity contribution in [3.8, 4) is 0 Å². The fraction of sp³-hybridized carbons (Fsp3) is 0.714. The highest BCUT2D eigenvalue weighted by Gasteiger charge is 2.26. The number of rotatable bonds is 7. The molecule has 1 heterocycles. The molecule has 6 nitrogen and oxygen atoms in total. The molecule has 1 aliphatic rings. The summed E-state index contributed by atoms with van der Waals surface area (Å²) < 4.78 is 2.60. The molecule has 1 saturated carbocycles. The molecule has 112 valence electrons. The van der Waals surface area contributed by atoms with Crippen LogP contribution in [0.15, 0.2) is 15.8 Å². The molecule has 6 heteroatoms. The highest BCUT2D eigenvalue weighted by atomic mass is 16.2. The number of aromatic nitrogens is 2. The molecule has 1 aliphatic carbocycles. The summed E-state index contributed by atoms with van der Waals surface area (Å²) in [5.74, 6) is 0. The van der Waals surface area contributed by atoms with Crippen LogP contribution in [-0.4, -0.2) is 39.7 Å². The van der Waals surface area contributed by atoms with Gasteiger partial charge in [0.2, 0.25) is 0 Å². The lowest BCUT2D eigenvalue weighted by Crippen LogP contribution is -2.40. The molecule has 0 bridgehead atoms. The molecular weight excluding hydrogens is 256 g/mol. The molecule has 0 aromatic carbocycles. The first-order valence-electron chi connectivity index (χ1n) is 7.25. The van der Waals surface area contributed by atoms with E-state index in [1.165, 1.54) is 24.5 Å². The summed E-state index contributed by atoms with van der Waals surface area (Å²) in [5, 5.41) is 3.29. The molecule has 0 amide bonds. The van der Waals surface area contributed by atoms with Gasteiger partial charge in [-0.3, -0.25) is 14.3 Å². The fourth-order valence-electron chi connectivity index (χ4n) is 2.49. The summed E-state index contributed by atoms with van der Waals surface area (Å²) >= 11 is 0. The van der Waals surface area contributed by atoms with Crippen molar-refractivity contribution in [1.82, 2.24) is 19.4 Å². The third kappa shape index (κ3) is 3.37. The van der Waals surface area contributed by atoms with Gasteiger partial charge in [0.15, 0.2) is 0 Å². The van der Waals surface area contributed by atoms with E-state index in [9.17, 15) is 9.59 Å². The van der Waals surface area contributed by atoms with Crippen molar-refractivity contribution in [3.05, 3.63) is 32.6 Å². The van der Waals surface area contributed by atoms with Gasteiger partial charge in [0, 0.05) is 51.5 Å². The van der Waals surface area contributed by atoms with Crippen LogP contribution in [0.5, 0.6) is 0 Å². The van der Waals surface area contributed by atoms with Crippen molar-refractivity contribution in [2.75, 3.05) is 19.6 Å². The predicted molar refractivity (Wildman–Crippen MR) is 78.9 cm³/mol. The van der Waals surface area contributed by atoms with Crippen LogP contribution in [0.25, 0.3) is 0 Å². The van der Waals surface area contributed by atoms with Crippen LogP contribution in [0.1, 0.15) is 25.3 Å². The molecule has 1 fully saturated rings. The average Bonchev–Trinajstić information content (AvgIpc) is 3.26. The van der Waals surface area contributed by atoms with Crippen molar-refractivity contribution in [2.24, 2.45) is 14.1 Å². The topological polar surface area (TPSA) is 59.3 Å². The Morgan fingerprint density at radius 1 is 1.35 bits per heavy atom. The lowest BCUT2D eigenvalue weighted by molar-refractivity contribution is 0.277. The number of likely N-dealkylation sites (N-methyl/N-ethyl adjacent to an activating group) is 1. The van der Waals surface area contributed by atoms with Gasteiger partial charge >= 0.3 is 5.69 Å². The Morgan fingerprint density at radius 3 is 2.65 bits per heavy atom. The Morgan fingerprint density at radius 2 is 2.05 bits per heavy atom. The number of hydrogen-bond donors (Lipinski definition) is 1. The molecule has 0 atom stereocenters. The summed E-state index contributed by atoms with van der Waals surface area (Å²) in [6.07, 6.45) is 4.25. The van der Waals surface area contributed by atoms with Gasteiger partial charge in [0.25, 0.3) is 5.56 Å². The largest absolute Gasteiger partial charge is 0.330 e. The average molecular weight is 280 g/mol. The predicted octanol–water partition coefficient (Wildman–Crippen LogP) is -0.342. The third-order valence-electron chi connectivity index (χ3n) is 3.88. The van der Waals surface area contributed by atoms with Gasteiger partial charge in [-0.05, 0) is 19.4 Å². The maximum Gasteiger partial charge on any atom is 0.330 e. The highest BCUT2D eigenvalue weighted by Crippen LogP contribution is 2.25. The monoisotopic (exact) mass is 280 g/mol. The summed E-state index contributed by atoms with van der Waals surface area (Å²) in [6, 6.07) is 0.771. The zero-order chi connectivity index (χ0) is 14.7. The smallest absolute Gasteiger partial charge is 0.311 e. The molecule has 0 unspecified atom stereocenters. The van der Waals surface area contributed by atoms with Crippen LogP contribution in [0.4, 0.5) is 0 Å². The van der Waals surface area contributed by atoms with E-state index in [-0.39, 0.29) is 11.2 Å². The first kappa shape index (κ1) is 15.0. The fourth-order valence-corrected chi connectivity index (χ4v) is 2.49. The maximum absolute atomic E-state index is 11.9. The van der Waals surface area contributed by atoms with E-state index in [0.29, 0.717) is 12.1 Å². The van der Waals surface area contributed by atoms with E-state index in [1.807, 2.05) is 0 Å².